The molecule has 1 heterocycles. The van der Waals surface area contributed by atoms with Crippen molar-refractivity contribution < 1.29 is 23.4 Å². The highest BCUT2D eigenvalue weighted by Gasteiger charge is 2.23. The Labute approximate surface area is 134 Å². The molecule has 0 radical (unpaired) electrons. The van der Waals surface area contributed by atoms with Gasteiger partial charge in [-0.2, -0.15) is 0 Å². The first-order chi connectivity index (χ1) is 10.8. The number of rotatable bonds is 2. The number of carbonyl (C=O) groups is 1. The molecule has 1 aromatic rings. The molecule has 5 nitrogen and oxygen atoms in total. The van der Waals surface area contributed by atoms with Crippen molar-refractivity contribution in [3.8, 4) is 5.75 Å². The summed E-state index contributed by atoms with van der Waals surface area (Å²) in [7, 11) is 0. The lowest BCUT2D eigenvalue weighted by Gasteiger charge is -2.22. The molecular formula is C17H21FO5. The SMILES string of the molecule is CC(C)(C)OC(=O)Oc1ccc(F)cc(C2CCCCO2)c1=O. The predicted molar refractivity (Wildman–Crippen MR) is 82.1 cm³/mol. The van der Waals surface area contributed by atoms with Gasteiger partial charge in [0.1, 0.15) is 11.4 Å². The zero-order valence-corrected chi connectivity index (χ0v) is 13.6. The van der Waals surface area contributed by atoms with Crippen molar-refractivity contribution in [2.45, 2.75) is 51.7 Å². The van der Waals surface area contributed by atoms with Gasteiger partial charge in [0.15, 0.2) is 5.75 Å². The maximum atomic E-state index is 13.8. The molecule has 1 aliphatic heterocycles. The molecule has 0 bridgehead atoms. The monoisotopic (exact) mass is 324 g/mol. The van der Waals surface area contributed by atoms with E-state index in [9.17, 15) is 14.0 Å². The molecule has 1 atom stereocenters. The molecule has 23 heavy (non-hydrogen) atoms. The Balaban J connectivity index is 2.32. The maximum Gasteiger partial charge on any atom is 0.514 e. The van der Waals surface area contributed by atoms with Gasteiger partial charge in [-0.15, -0.1) is 0 Å². The van der Waals surface area contributed by atoms with Gasteiger partial charge < -0.3 is 14.2 Å². The number of ether oxygens (including phenoxy) is 3. The van der Waals surface area contributed by atoms with Crippen molar-refractivity contribution in [3.05, 3.63) is 39.8 Å². The highest BCUT2D eigenvalue weighted by atomic mass is 19.1. The molecular weight excluding hydrogens is 303 g/mol. The summed E-state index contributed by atoms with van der Waals surface area (Å²) in [6.07, 6.45) is 0.945. The van der Waals surface area contributed by atoms with Gasteiger partial charge in [-0.3, -0.25) is 4.79 Å². The van der Waals surface area contributed by atoms with Gasteiger partial charge in [-0.05, 0) is 58.2 Å². The molecule has 126 valence electrons. The quantitative estimate of drug-likeness (QED) is 0.776. The lowest BCUT2D eigenvalue weighted by atomic mass is 10.0. The number of hydrogen-bond acceptors (Lipinski definition) is 5. The summed E-state index contributed by atoms with van der Waals surface area (Å²) in [6.45, 7) is 5.56. The van der Waals surface area contributed by atoms with Gasteiger partial charge in [0, 0.05) is 12.2 Å². The lowest BCUT2D eigenvalue weighted by molar-refractivity contribution is 0.0130. The van der Waals surface area contributed by atoms with Crippen LogP contribution in [0.3, 0.4) is 0 Å². The molecule has 0 spiro atoms. The molecule has 1 unspecified atom stereocenters. The summed E-state index contributed by atoms with van der Waals surface area (Å²) < 4.78 is 29.3. The van der Waals surface area contributed by atoms with Crippen molar-refractivity contribution in [1.29, 1.82) is 0 Å². The van der Waals surface area contributed by atoms with Crippen LogP contribution in [0, 0.1) is 5.82 Å². The van der Waals surface area contributed by atoms with Crippen LogP contribution in [0.2, 0.25) is 0 Å². The van der Waals surface area contributed by atoms with Crippen LogP contribution < -0.4 is 10.2 Å². The van der Waals surface area contributed by atoms with Gasteiger partial charge in [-0.25, -0.2) is 9.18 Å². The van der Waals surface area contributed by atoms with Crippen LogP contribution in [0.15, 0.2) is 23.0 Å². The average molecular weight is 324 g/mol. The van der Waals surface area contributed by atoms with Crippen molar-refractivity contribution in [2.75, 3.05) is 6.61 Å². The second kappa shape index (κ2) is 7.08. The highest BCUT2D eigenvalue weighted by molar-refractivity contribution is 5.64. The molecule has 6 heteroatoms. The van der Waals surface area contributed by atoms with Crippen molar-refractivity contribution >= 4 is 6.16 Å². The zero-order valence-electron chi connectivity index (χ0n) is 13.6. The van der Waals surface area contributed by atoms with Crippen LogP contribution in [0.4, 0.5) is 9.18 Å². The topological polar surface area (TPSA) is 61.8 Å². The van der Waals surface area contributed by atoms with E-state index >= 15 is 0 Å². The Morgan fingerprint density at radius 3 is 2.65 bits per heavy atom. The van der Waals surface area contributed by atoms with E-state index in [2.05, 4.69) is 0 Å². The van der Waals surface area contributed by atoms with E-state index in [-0.39, 0.29) is 11.3 Å². The minimum atomic E-state index is -1.00. The number of hydrogen-bond donors (Lipinski definition) is 0. The zero-order chi connectivity index (χ0) is 17.0. The van der Waals surface area contributed by atoms with E-state index in [0.29, 0.717) is 13.0 Å². The minimum Gasteiger partial charge on any atom is -0.428 e. The minimum absolute atomic E-state index is 0.158. The summed E-state index contributed by atoms with van der Waals surface area (Å²) in [6, 6.07) is 3.35. The Kier molecular flexibility index (Phi) is 5.36. The third-order valence-corrected chi connectivity index (χ3v) is 3.28. The van der Waals surface area contributed by atoms with Crippen LogP contribution in [0.5, 0.6) is 5.75 Å². The van der Waals surface area contributed by atoms with E-state index in [4.69, 9.17) is 14.2 Å². The van der Waals surface area contributed by atoms with E-state index in [1.807, 2.05) is 0 Å². The fraction of sp³-hybridized carbons (Fsp3) is 0.529. The molecule has 2 rings (SSSR count). The molecule has 1 fully saturated rings. The molecule has 0 amide bonds. The Morgan fingerprint density at radius 1 is 1.30 bits per heavy atom. The summed E-state index contributed by atoms with van der Waals surface area (Å²) in [5.41, 5.74) is -1.16. The number of halogens is 1. The average Bonchev–Trinajstić information content (AvgIpc) is 2.59. The summed E-state index contributed by atoms with van der Waals surface area (Å²) in [5, 5.41) is 0. The molecule has 1 aliphatic rings. The molecule has 0 aromatic heterocycles. The third kappa shape index (κ3) is 5.03. The Morgan fingerprint density at radius 2 is 2.04 bits per heavy atom. The van der Waals surface area contributed by atoms with E-state index in [1.54, 1.807) is 20.8 Å². The maximum absolute atomic E-state index is 13.8. The first-order valence-corrected chi connectivity index (χ1v) is 7.62. The van der Waals surface area contributed by atoms with Gasteiger partial charge in [0.05, 0.1) is 6.10 Å². The van der Waals surface area contributed by atoms with Crippen LogP contribution in [0.1, 0.15) is 51.7 Å². The second-order valence-electron chi connectivity index (χ2n) is 6.43. The fourth-order valence-corrected chi connectivity index (χ4v) is 2.30. The Bertz CT molecular complexity index is 630. The smallest absolute Gasteiger partial charge is 0.428 e. The molecule has 1 aromatic carbocycles. The van der Waals surface area contributed by atoms with E-state index in [0.717, 1.165) is 31.0 Å². The molecule has 0 N–H and O–H groups in total. The van der Waals surface area contributed by atoms with Crippen LogP contribution in [0.25, 0.3) is 0 Å². The van der Waals surface area contributed by atoms with Gasteiger partial charge in [0.2, 0.25) is 5.43 Å². The summed E-state index contributed by atoms with van der Waals surface area (Å²) >= 11 is 0. The van der Waals surface area contributed by atoms with Gasteiger partial charge in [0.25, 0.3) is 0 Å². The lowest BCUT2D eigenvalue weighted by Crippen LogP contribution is -2.27. The normalized spacial score (nSPS) is 18.3. The predicted octanol–water partition coefficient (Wildman–Crippen LogP) is 3.74. The standard InChI is InChI=1S/C17H21FO5/c1-17(2,3)23-16(20)22-14-8-7-11(18)10-12(15(14)19)13-6-4-5-9-21-13/h7-8,10,13H,4-6,9H2,1-3H3. The van der Waals surface area contributed by atoms with Crippen LogP contribution >= 0.6 is 0 Å². The van der Waals surface area contributed by atoms with E-state index in [1.165, 1.54) is 0 Å². The van der Waals surface area contributed by atoms with Crippen LogP contribution in [-0.2, 0) is 9.47 Å². The van der Waals surface area contributed by atoms with Crippen molar-refractivity contribution in [1.82, 2.24) is 0 Å². The largest absolute Gasteiger partial charge is 0.514 e. The van der Waals surface area contributed by atoms with Crippen molar-refractivity contribution in [3.63, 3.8) is 0 Å². The molecule has 0 aliphatic carbocycles. The van der Waals surface area contributed by atoms with Gasteiger partial charge in [-0.1, -0.05) is 0 Å². The first kappa shape index (κ1) is 17.4. The fourth-order valence-electron chi connectivity index (χ4n) is 2.30. The number of carbonyl (C=O) groups excluding carboxylic acids is 1. The molecule has 1 saturated heterocycles. The second-order valence-corrected chi connectivity index (χ2v) is 6.43. The Hall–Kier alpha value is -1.95. The third-order valence-electron chi connectivity index (χ3n) is 3.28. The molecule has 0 saturated carbocycles. The summed E-state index contributed by atoms with van der Waals surface area (Å²) in [4.78, 5) is 24.3. The summed E-state index contributed by atoms with van der Waals surface area (Å²) in [5.74, 6) is -0.863. The van der Waals surface area contributed by atoms with Crippen molar-refractivity contribution in [2.24, 2.45) is 0 Å². The van der Waals surface area contributed by atoms with E-state index < -0.39 is 29.1 Å². The highest BCUT2D eigenvalue weighted by Crippen LogP contribution is 2.27. The first-order valence-electron chi connectivity index (χ1n) is 7.62. The van der Waals surface area contributed by atoms with Crippen LogP contribution in [-0.4, -0.2) is 18.4 Å². The van der Waals surface area contributed by atoms with Gasteiger partial charge >= 0.3 is 6.16 Å².